The molecular weight excluding hydrogens is 370 g/mol. The van der Waals surface area contributed by atoms with Gasteiger partial charge in [0.2, 0.25) is 0 Å². The van der Waals surface area contributed by atoms with E-state index in [0.29, 0.717) is 12.1 Å². The van der Waals surface area contributed by atoms with Gasteiger partial charge in [-0.2, -0.15) is 0 Å². The van der Waals surface area contributed by atoms with Crippen molar-refractivity contribution in [1.82, 2.24) is 0 Å². The predicted octanol–water partition coefficient (Wildman–Crippen LogP) is 5.99. The van der Waals surface area contributed by atoms with E-state index < -0.39 is 0 Å². The summed E-state index contributed by atoms with van der Waals surface area (Å²) in [7, 11) is 0. The Morgan fingerprint density at radius 3 is 2.43 bits per heavy atom. The van der Waals surface area contributed by atoms with Gasteiger partial charge in [-0.05, 0) is 36.8 Å². The van der Waals surface area contributed by atoms with Crippen molar-refractivity contribution in [2.75, 3.05) is 13.1 Å². The third kappa shape index (κ3) is 4.23. The fourth-order valence-corrected chi connectivity index (χ4v) is 6.82. The lowest BCUT2D eigenvalue weighted by molar-refractivity contribution is -0.969. The first-order valence-electron chi connectivity index (χ1n) is 12.4. The van der Waals surface area contributed by atoms with Crippen LogP contribution < -0.4 is 0 Å². The molecule has 4 rings (SSSR count). The Kier molecular flexibility index (Phi) is 6.67. The number of piperidine rings is 1. The topological polar surface area (TPSA) is 26.3 Å². The SMILES string of the molecule is CCC[N+]1(CC(C)C)C2CCC1CC(OC(=O)C1CCCC=C1c1ccccc1)C2. The molecule has 0 N–H and O–H groups in total. The number of carbonyl (C=O) groups excluding carboxylic acids is 1. The molecule has 1 aliphatic carbocycles. The highest BCUT2D eigenvalue weighted by Crippen LogP contribution is 2.45. The molecule has 3 aliphatic rings. The number of fused-ring (bicyclic) bond motifs is 2. The first kappa shape index (κ1) is 21.6. The number of nitrogens with zero attached hydrogens (tertiary/aromatic N) is 1. The molecule has 0 amide bonds. The van der Waals surface area contributed by atoms with E-state index in [0.717, 1.165) is 38.0 Å². The van der Waals surface area contributed by atoms with Crippen LogP contribution in [0.5, 0.6) is 0 Å². The Labute approximate surface area is 183 Å². The summed E-state index contributed by atoms with van der Waals surface area (Å²) >= 11 is 0. The quantitative estimate of drug-likeness (QED) is 0.408. The summed E-state index contributed by atoms with van der Waals surface area (Å²) in [6, 6.07) is 11.8. The molecule has 0 radical (unpaired) electrons. The Morgan fingerprint density at radius 2 is 1.80 bits per heavy atom. The Hall–Kier alpha value is -1.61. The van der Waals surface area contributed by atoms with Crippen molar-refractivity contribution >= 4 is 11.5 Å². The summed E-state index contributed by atoms with van der Waals surface area (Å²) in [6.45, 7) is 9.63. The van der Waals surface area contributed by atoms with Crippen molar-refractivity contribution in [2.24, 2.45) is 11.8 Å². The van der Waals surface area contributed by atoms with E-state index in [9.17, 15) is 4.79 Å². The van der Waals surface area contributed by atoms with Crippen molar-refractivity contribution in [3.63, 3.8) is 0 Å². The zero-order chi connectivity index (χ0) is 21.1. The number of ether oxygens (including phenoxy) is 1. The van der Waals surface area contributed by atoms with E-state index in [-0.39, 0.29) is 18.0 Å². The van der Waals surface area contributed by atoms with Crippen LogP contribution in [0.1, 0.15) is 77.7 Å². The van der Waals surface area contributed by atoms with Gasteiger partial charge in [-0.25, -0.2) is 0 Å². The minimum Gasteiger partial charge on any atom is -0.461 e. The maximum atomic E-state index is 13.3. The molecule has 3 unspecified atom stereocenters. The number of quaternary nitrogens is 1. The van der Waals surface area contributed by atoms with Gasteiger partial charge in [0, 0.05) is 31.6 Å². The third-order valence-corrected chi connectivity index (χ3v) is 7.81. The normalized spacial score (nSPS) is 33.4. The standard InChI is InChI=1S/C27H40NO2/c1-4-16-28(19-20(2)3)22-14-15-23(28)18-24(17-22)30-27(29)26-13-9-8-12-25(26)21-10-6-5-7-11-21/h5-7,10-12,20,22-24,26H,4,8-9,13-19H2,1-3H3/q+1. The fourth-order valence-electron chi connectivity index (χ4n) is 6.82. The highest BCUT2D eigenvalue weighted by Gasteiger charge is 2.54. The van der Waals surface area contributed by atoms with Crippen molar-refractivity contribution in [3.8, 4) is 0 Å². The van der Waals surface area contributed by atoms with Gasteiger partial charge < -0.3 is 9.22 Å². The molecule has 30 heavy (non-hydrogen) atoms. The van der Waals surface area contributed by atoms with Crippen molar-refractivity contribution in [3.05, 3.63) is 42.0 Å². The van der Waals surface area contributed by atoms with Crippen LogP contribution in [0.2, 0.25) is 0 Å². The summed E-state index contributed by atoms with van der Waals surface area (Å²) in [4.78, 5) is 13.3. The number of carbonyl (C=O) groups is 1. The van der Waals surface area contributed by atoms with E-state index in [1.165, 1.54) is 48.0 Å². The lowest BCUT2D eigenvalue weighted by atomic mass is 9.83. The van der Waals surface area contributed by atoms with Gasteiger partial charge in [0.1, 0.15) is 6.10 Å². The minimum atomic E-state index is -0.0914. The molecule has 0 saturated carbocycles. The largest absolute Gasteiger partial charge is 0.461 e. The maximum absolute atomic E-state index is 13.3. The molecule has 2 bridgehead atoms. The first-order valence-corrected chi connectivity index (χ1v) is 12.4. The van der Waals surface area contributed by atoms with Crippen molar-refractivity contribution < 1.29 is 14.0 Å². The zero-order valence-electron chi connectivity index (χ0n) is 19.2. The van der Waals surface area contributed by atoms with Crippen LogP contribution >= 0.6 is 0 Å². The molecule has 2 heterocycles. The Morgan fingerprint density at radius 1 is 1.10 bits per heavy atom. The van der Waals surface area contributed by atoms with Gasteiger partial charge in [0.15, 0.2) is 0 Å². The lowest BCUT2D eigenvalue weighted by Crippen LogP contribution is -2.63. The minimum absolute atomic E-state index is 0.0218. The van der Waals surface area contributed by atoms with Crippen LogP contribution in [0.4, 0.5) is 0 Å². The zero-order valence-corrected chi connectivity index (χ0v) is 19.2. The van der Waals surface area contributed by atoms with Gasteiger partial charge in [0.25, 0.3) is 0 Å². The lowest BCUT2D eigenvalue weighted by Gasteiger charge is -2.50. The molecule has 2 saturated heterocycles. The van der Waals surface area contributed by atoms with Crippen LogP contribution in [0.25, 0.3) is 5.57 Å². The van der Waals surface area contributed by atoms with Gasteiger partial charge >= 0.3 is 5.97 Å². The molecule has 2 fully saturated rings. The predicted molar refractivity (Wildman–Crippen MR) is 123 cm³/mol. The Bertz CT molecular complexity index is 739. The van der Waals surface area contributed by atoms with Crippen LogP contribution in [-0.2, 0) is 9.53 Å². The van der Waals surface area contributed by atoms with Crippen LogP contribution in [-0.4, -0.2) is 41.7 Å². The number of hydrogen-bond donors (Lipinski definition) is 0. The smallest absolute Gasteiger partial charge is 0.313 e. The third-order valence-electron chi connectivity index (χ3n) is 7.81. The van der Waals surface area contributed by atoms with Crippen LogP contribution in [0, 0.1) is 11.8 Å². The highest BCUT2D eigenvalue weighted by atomic mass is 16.5. The molecule has 3 nitrogen and oxygen atoms in total. The fraction of sp³-hybridized carbons (Fsp3) is 0.667. The van der Waals surface area contributed by atoms with E-state index in [4.69, 9.17) is 4.74 Å². The average molecular weight is 411 g/mol. The van der Waals surface area contributed by atoms with E-state index in [1.807, 2.05) is 6.07 Å². The highest BCUT2D eigenvalue weighted by molar-refractivity contribution is 5.89. The summed E-state index contributed by atoms with van der Waals surface area (Å²) in [5.74, 6) is 0.652. The summed E-state index contributed by atoms with van der Waals surface area (Å²) in [5, 5.41) is 0. The number of hydrogen-bond acceptors (Lipinski definition) is 2. The van der Waals surface area contributed by atoms with Gasteiger partial charge in [0.05, 0.1) is 31.1 Å². The second-order valence-corrected chi connectivity index (χ2v) is 10.3. The molecule has 0 spiro atoms. The number of esters is 1. The second-order valence-electron chi connectivity index (χ2n) is 10.3. The average Bonchev–Trinajstić information content (AvgIpc) is 2.91. The van der Waals surface area contributed by atoms with E-state index in [2.05, 4.69) is 51.1 Å². The van der Waals surface area contributed by atoms with Gasteiger partial charge in [-0.1, -0.05) is 57.2 Å². The molecule has 1 aromatic rings. The molecule has 164 valence electrons. The summed E-state index contributed by atoms with van der Waals surface area (Å²) in [6.07, 6.45) is 11.4. The maximum Gasteiger partial charge on any atom is 0.313 e. The van der Waals surface area contributed by atoms with Gasteiger partial charge in [-0.3, -0.25) is 4.79 Å². The van der Waals surface area contributed by atoms with Crippen molar-refractivity contribution in [1.29, 1.82) is 0 Å². The van der Waals surface area contributed by atoms with E-state index in [1.54, 1.807) is 0 Å². The first-order chi connectivity index (χ1) is 14.5. The number of benzene rings is 1. The molecule has 2 aliphatic heterocycles. The number of rotatable bonds is 7. The van der Waals surface area contributed by atoms with E-state index >= 15 is 0 Å². The molecule has 3 heteroatoms. The molecule has 3 atom stereocenters. The van der Waals surface area contributed by atoms with Crippen molar-refractivity contribution in [2.45, 2.75) is 90.3 Å². The van der Waals surface area contributed by atoms with Crippen LogP contribution in [0.3, 0.4) is 0 Å². The summed E-state index contributed by atoms with van der Waals surface area (Å²) < 4.78 is 7.54. The molecule has 0 aromatic heterocycles. The Balaban J connectivity index is 1.45. The molecular formula is C27H40NO2+. The summed E-state index contributed by atoms with van der Waals surface area (Å²) in [5.41, 5.74) is 2.36. The monoisotopic (exact) mass is 410 g/mol. The van der Waals surface area contributed by atoms with Gasteiger partial charge in [-0.15, -0.1) is 0 Å². The number of allylic oxidation sites excluding steroid dienone is 1. The second kappa shape index (κ2) is 9.26. The molecule has 1 aromatic carbocycles. The van der Waals surface area contributed by atoms with Crippen LogP contribution in [0.15, 0.2) is 36.4 Å².